The lowest BCUT2D eigenvalue weighted by molar-refractivity contribution is -0.384. The Morgan fingerprint density at radius 2 is 2.11 bits per heavy atom. The van der Waals surface area contributed by atoms with Gasteiger partial charge in [-0.25, -0.2) is 14.5 Å². The lowest BCUT2D eigenvalue weighted by Crippen LogP contribution is -2.15. The van der Waals surface area contributed by atoms with Crippen molar-refractivity contribution in [1.29, 1.82) is 0 Å². The van der Waals surface area contributed by atoms with Gasteiger partial charge in [0.25, 0.3) is 5.69 Å². The minimum atomic E-state index is -4.59. The van der Waals surface area contributed by atoms with Crippen molar-refractivity contribution in [1.82, 2.24) is 19.6 Å². The summed E-state index contributed by atoms with van der Waals surface area (Å²) < 4.78 is 39.1. The molecule has 1 aromatic carbocycles. The molecule has 0 unspecified atom stereocenters. The van der Waals surface area contributed by atoms with Crippen molar-refractivity contribution >= 4 is 34.7 Å². The summed E-state index contributed by atoms with van der Waals surface area (Å²) >= 11 is 0.928. The van der Waals surface area contributed by atoms with E-state index in [-0.39, 0.29) is 22.2 Å². The Balaban J connectivity index is 1.65. The summed E-state index contributed by atoms with van der Waals surface area (Å²) in [5.74, 6) is -0.526. The van der Waals surface area contributed by atoms with Crippen molar-refractivity contribution in [3.05, 3.63) is 52.0 Å². The number of hydrogen-bond acceptors (Lipinski definition) is 7. The molecule has 2 aromatic heterocycles. The van der Waals surface area contributed by atoms with Gasteiger partial charge in [0, 0.05) is 23.9 Å². The third kappa shape index (κ3) is 4.36. The number of anilines is 1. The number of carbonyl (C=O) groups is 1. The lowest BCUT2D eigenvalue weighted by atomic mass is 10.2. The average Bonchev–Trinajstić information content (AvgIpc) is 3.03. The molecule has 146 valence electrons. The van der Waals surface area contributed by atoms with E-state index in [9.17, 15) is 28.1 Å². The standard InChI is InChI=1S/C15H11F3N6O3S/c1-8-4-9(24(26)27)2-3-10(8)20-13(25)6-28-14-21-12-5-11(15(16,17)18)19-7-23(12)22-14/h2-5,7H,6H2,1H3,(H,20,25). The zero-order valence-electron chi connectivity index (χ0n) is 14.1. The number of nitrogens with one attached hydrogen (secondary N) is 1. The van der Waals surface area contributed by atoms with Gasteiger partial charge in [0.05, 0.1) is 10.7 Å². The zero-order chi connectivity index (χ0) is 20.5. The van der Waals surface area contributed by atoms with Crippen LogP contribution in [-0.4, -0.2) is 36.2 Å². The predicted octanol–water partition coefficient (Wildman–Crippen LogP) is 3.09. The van der Waals surface area contributed by atoms with Gasteiger partial charge in [0.1, 0.15) is 12.0 Å². The SMILES string of the molecule is Cc1cc([N+](=O)[O-])ccc1NC(=O)CSc1nc2cc(C(F)(F)F)ncn2n1. The van der Waals surface area contributed by atoms with Crippen LogP contribution >= 0.6 is 11.8 Å². The summed E-state index contributed by atoms with van der Waals surface area (Å²) in [7, 11) is 0. The van der Waals surface area contributed by atoms with Crippen LogP contribution in [0.15, 0.2) is 35.7 Å². The first kappa shape index (κ1) is 19.5. The van der Waals surface area contributed by atoms with Crippen molar-refractivity contribution in [2.24, 2.45) is 0 Å². The first-order valence-electron chi connectivity index (χ1n) is 7.61. The average molecular weight is 412 g/mol. The minimum Gasteiger partial charge on any atom is -0.325 e. The van der Waals surface area contributed by atoms with Gasteiger partial charge in [-0.15, -0.1) is 5.10 Å². The third-order valence-corrected chi connectivity index (χ3v) is 4.37. The van der Waals surface area contributed by atoms with E-state index in [1.165, 1.54) is 18.2 Å². The molecular formula is C15H11F3N6O3S. The third-order valence-electron chi connectivity index (χ3n) is 3.53. The van der Waals surface area contributed by atoms with E-state index in [0.717, 1.165) is 28.7 Å². The van der Waals surface area contributed by atoms with Gasteiger partial charge in [0.2, 0.25) is 11.1 Å². The van der Waals surface area contributed by atoms with Crippen molar-refractivity contribution in [3.8, 4) is 0 Å². The monoisotopic (exact) mass is 412 g/mol. The summed E-state index contributed by atoms with van der Waals surface area (Å²) in [6.07, 6.45) is -3.70. The summed E-state index contributed by atoms with van der Waals surface area (Å²) in [6.45, 7) is 1.62. The summed E-state index contributed by atoms with van der Waals surface area (Å²) in [5.41, 5.74) is -0.292. The second-order valence-electron chi connectivity index (χ2n) is 5.56. The Bertz CT molecular complexity index is 1070. The van der Waals surface area contributed by atoms with Crippen LogP contribution < -0.4 is 5.32 Å². The molecule has 3 aromatic rings. The van der Waals surface area contributed by atoms with Gasteiger partial charge >= 0.3 is 6.18 Å². The number of amides is 1. The molecule has 28 heavy (non-hydrogen) atoms. The van der Waals surface area contributed by atoms with E-state index < -0.39 is 22.7 Å². The summed E-state index contributed by atoms with van der Waals surface area (Å²) in [5, 5.41) is 17.4. The summed E-state index contributed by atoms with van der Waals surface area (Å²) in [4.78, 5) is 29.5. The Kier molecular flexibility index (Phi) is 5.18. The van der Waals surface area contributed by atoms with Gasteiger partial charge in [0.15, 0.2) is 5.65 Å². The van der Waals surface area contributed by atoms with E-state index in [1.54, 1.807) is 6.92 Å². The molecule has 1 amide bonds. The normalized spacial score (nSPS) is 11.6. The highest BCUT2D eigenvalue weighted by Gasteiger charge is 2.33. The van der Waals surface area contributed by atoms with Gasteiger partial charge in [-0.2, -0.15) is 13.2 Å². The van der Waals surface area contributed by atoms with E-state index in [2.05, 4.69) is 20.4 Å². The highest BCUT2D eigenvalue weighted by Crippen LogP contribution is 2.28. The highest BCUT2D eigenvalue weighted by atomic mass is 32.2. The number of benzene rings is 1. The largest absolute Gasteiger partial charge is 0.433 e. The lowest BCUT2D eigenvalue weighted by Gasteiger charge is -2.07. The quantitative estimate of drug-likeness (QED) is 0.389. The number of aryl methyl sites for hydroxylation is 1. The Morgan fingerprint density at radius 1 is 1.36 bits per heavy atom. The van der Waals surface area contributed by atoms with Gasteiger partial charge < -0.3 is 5.32 Å². The fraction of sp³-hybridized carbons (Fsp3) is 0.200. The van der Waals surface area contributed by atoms with Gasteiger partial charge in [-0.1, -0.05) is 11.8 Å². The molecule has 0 saturated heterocycles. The number of nitro benzene ring substituents is 1. The van der Waals surface area contributed by atoms with E-state index in [1.807, 2.05) is 0 Å². The maximum atomic E-state index is 12.7. The summed E-state index contributed by atoms with van der Waals surface area (Å²) in [6, 6.07) is 4.78. The number of nitrogens with zero attached hydrogens (tertiary/aromatic N) is 5. The second kappa shape index (κ2) is 7.42. The van der Waals surface area contributed by atoms with Crippen LogP contribution in [0.4, 0.5) is 24.5 Å². The number of halogens is 3. The van der Waals surface area contributed by atoms with Crippen molar-refractivity contribution in [3.63, 3.8) is 0 Å². The van der Waals surface area contributed by atoms with E-state index in [4.69, 9.17) is 0 Å². The number of rotatable bonds is 5. The maximum absolute atomic E-state index is 12.7. The van der Waals surface area contributed by atoms with Crippen molar-refractivity contribution in [2.75, 3.05) is 11.1 Å². The number of aromatic nitrogens is 4. The number of thioether (sulfide) groups is 1. The van der Waals surface area contributed by atoms with Crippen LogP contribution in [0.5, 0.6) is 0 Å². The number of carbonyl (C=O) groups excluding carboxylic acids is 1. The molecule has 0 fully saturated rings. The second-order valence-corrected chi connectivity index (χ2v) is 6.50. The topological polar surface area (TPSA) is 115 Å². The Morgan fingerprint density at radius 3 is 2.75 bits per heavy atom. The molecule has 2 heterocycles. The number of nitro groups is 1. The predicted molar refractivity (Wildman–Crippen MR) is 93.0 cm³/mol. The molecule has 0 bridgehead atoms. The molecule has 0 aliphatic carbocycles. The molecule has 3 rings (SSSR count). The Labute approximate surface area is 159 Å². The van der Waals surface area contributed by atoms with Crippen LogP contribution in [0.1, 0.15) is 11.3 Å². The molecule has 0 aliphatic rings. The highest BCUT2D eigenvalue weighted by molar-refractivity contribution is 7.99. The van der Waals surface area contributed by atoms with Crippen molar-refractivity contribution < 1.29 is 22.9 Å². The molecule has 0 atom stereocenters. The smallest absolute Gasteiger partial charge is 0.325 e. The first-order valence-corrected chi connectivity index (χ1v) is 8.59. The number of non-ortho nitro benzene ring substituents is 1. The Hall–Kier alpha value is -3.22. The molecule has 13 heteroatoms. The maximum Gasteiger partial charge on any atom is 0.433 e. The van der Waals surface area contributed by atoms with Gasteiger partial charge in [-0.3, -0.25) is 14.9 Å². The molecule has 0 radical (unpaired) electrons. The van der Waals surface area contributed by atoms with E-state index in [0.29, 0.717) is 11.3 Å². The van der Waals surface area contributed by atoms with Crippen LogP contribution in [0.3, 0.4) is 0 Å². The van der Waals surface area contributed by atoms with Crippen LogP contribution in [-0.2, 0) is 11.0 Å². The number of hydrogen-bond donors (Lipinski definition) is 1. The number of alkyl halides is 3. The zero-order valence-corrected chi connectivity index (χ0v) is 14.9. The molecule has 0 aliphatic heterocycles. The minimum absolute atomic E-state index is 0.0450. The molecule has 1 N–H and O–H groups in total. The molecule has 9 nitrogen and oxygen atoms in total. The van der Waals surface area contributed by atoms with Crippen LogP contribution in [0, 0.1) is 17.0 Å². The van der Waals surface area contributed by atoms with Crippen LogP contribution in [0.2, 0.25) is 0 Å². The van der Waals surface area contributed by atoms with Gasteiger partial charge in [-0.05, 0) is 18.6 Å². The first-order chi connectivity index (χ1) is 13.1. The molecular weight excluding hydrogens is 401 g/mol. The molecule has 0 saturated carbocycles. The fourth-order valence-electron chi connectivity index (χ4n) is 2.21. The molecule has 0 spiro atoms. The van der Waals surface area contributed by atoms with Crippen LogP contribution in [0.25, 0.3) is 5.65 Å². The fourth-order valence-corrected chi connectivity index (χ4v) is 2.85. The van der Waals surface area contributed by atoms with E-state index >= 15 is 0 Å². The number of fused-ring (bicyclic) bond motifs is 1. The van der Waals surface area contributed by atoms with Crippen molar-refractivity contribution in [2.45, 2.75) is 18.3 Å².